The smallest absolute Gasteiger partial charge is 0.268 e. The van der Waals surface area contributed by atoms with Crippen molar-refractivity contribution >= 4 is 27.5 Å². The van der Waals surface area contributed by atoms with Crippen LogP contribution in [0.4, 0.5) is 0 Å². The van der Waals surface area contributed by atoms with Gasteiger partial charge >= 0.3 is 0 Å². The minimum atomic E-state index is -0.0787. The predicted octanol–water partition coefficient (Wildman–Crippen LogP) is 1.31. The monoisotopic (exact) mass is 292 g/mol. The Morgan fingerprint density at radius 1 is 1.25 bits per heavy atom. The van der Waals surface area contributed by atoms with Crippen LogP contribution in [0.25, 0.3) is 10.1 Å². The van der Waals surface area contributed by atoms with Crippen LogP contribution in [0.1, 0.15) is 6.42 Å². The van der Waals surface area contributed by atoms with Crippen LogP contribution in [0.3, 0.4) is 0 Å². The molecule has 1 amide bonds. The Hall–Kier alpha value is -1.66. The van der Waals surface area contributed by atoms with Gasteiger partial charge < -0.3 is 9.64 Å². The molecule has 0 aliphatic carbocycles. The van der Waals surface area contributed by atoms with Crippen molar-refractivity contribution in [2.45, 2.75) is 13.0 Å². The number of rotatable bonds is 2. The van der Waals surface area contributed by atoms with Crippen LogP contribution in [0.5, 0.6) is 0 Å². The fourth-order valence-electron chi connectivity index (χ4n) is 2.34. The molecule has 1 aliphatic rings. The Kier molecular flexibility index (Phi) is 3.84. The minimum Gasteiger partial charge on any atom is -0.380 e. The molecule has 0 saturated carbocycles. The van der Waals surface area contributed by atoms with E-state index in [9.17, 15) is 9.59 Å². The number of fused-ring (bicyclic) bond motifs is 1. The summed E-state index contributed by atoms with van der Waals surface area (Å²) in [5.41, 5.74) is -0.0787. The predicted molar refractivity (Wildman–Crippen MR) is 78.1 cm³/mol. The molecule has 5 nitrogen and oxygen atoms in total. The van der Waals surface area contributed by atoms with E-state index in [1.807, 2.05) is 18.2 Å². The molecule has 0 atom stereocenters. The number of carbonyl (C=O) groups is 1. The van der Waals surface area contributed by atoms with Crippen LogP contribution in [0, 0.1) is 0 Å². The van der Waals surface area contributed by atoms with Crippen LogP contribution >= 0.6 is 11.5 Å². The van der Waals surface area contributed by atoms with Gasteiger partial charge in [-0.3, -0.25) is 13.5 Å². The first-order chi connectivity index (χ1) is 9.75. The number of amides is 1. The fourth-order valence-corrected chi connectivity index (χ4v) is 3.33. The third-order valence-corrected chi connectivity index (χ3v) is 4.47. The molecule has 0 bridgehead atoms. The average Bonchev–Trinajstić information content (AvgIpc) is 2.67. The van der Waals surface area contributed by atoms with E-state index in [2.05, 4.69) is 0 Å². The highest BCUT2D eigenvalue weighted by Crippen LogP contribution is 2.16. The summed E-state index contributed by atoms with van der Waals surface area (Å²) < 4.78 is 7.80. The van der Waals surface area contributed by atoms with E-state index in [0.29, 0.717) is 31.7 Å². The lowest BCUT2D eigenvalue weighted by Gasteiger charge is -2.19. The second-order valence-electron chi connectivity index (χ2n) is 4.78. The van der Waals surface area contributed by atoms with Crippen LogP contribution in [0.15, 0.2) is 29.1 Å². The number of benzene rings is 1. The summed E-state index contributed by atoms with van der Waals surface area (Å²) in [5.74, 6) is -0.0100. The first kappa shape index (κ1) is 13.3. The lowest BCUT2D eigenvalue weighted by Crippen LogP contribution is -2.36. The van der Waals surface area contributed by atoms with E-state index in [-0.39, 0.29) is 18.0 Å². The molecular formula is C14H16N2O3S. The van der Waals surface area contributed by atoms with Gasteiger partial charge in [0.05, 0.1) is 16.7 Å². The van der Waals surface area contributed by atoms with Crippen LogP contribution < -0.4 is 5.56 Å². The highest BCUT2D eigenvalue weighted by atomic mass is 32.1. The summed E-state index contributed by atoms with van der Waals surface area (Å²) >= 11 is 1.35. The number of aromatic nitrogens is 1. The molecule has 6 heteroatoms. The molecule has 0 spiro atoms. The molecule has 0 unspecified atom stereocenters. The van der Waals surface area contributed by atoms with Crippen molar-refractivity contribution in [1.29, 1.82) is 0 Å². The van der Waals surface area contributed by atoms with Crippen molar-refractivity contribution in [3.05, 3.63) is 34.6 Å². The largest absolute Gasteiger partial charge is 0.380 e. The fraction of sp³-hybridized carbons (Fsp3) is 0.429. The summed E-state index contributed by atoms with van der Waals surface area (Å²) in [7, 11) is 0. The molecule has 106 valence electrons. The maximum absolute atomic E-state index is 12.3. The standard InChI is InChI=1S/C14H16N2O3S/c17-13(15-6-3-8-19-9-7-15)10-16-14(18)11-4-1-2-5-12(11)20-16/h1-2,4-5H,3,6-10H2. The zero-order valence-electron chi connectivity index (χ0n) is 11.1. The summed E-state index contributed by atoms with van der Waals surface area (Å²) in [6.07, 6.45) is 0.854. The Bertz CT molecular complexity index is 668. The molecule has 3 rings (SSSR count). The number of ether oxygens (including phenoxy) is 1. The lowest BCUT2D eigenvalue weighted by molar-refractivity contribution is -0.131. The zero-order chi connectivity index (χ0) is 13.9. The second kappa shape index (κ2) is 5.76. The van der Waals surface area contributed by atoms with Gasteiger partial charge in [0.25, 0.3) is 5.56 Å². The van der Waals surface area contributed by atoms with Crippen LogP contribution in [-0.4, -0.2) is 41.1 Å². The van der Waals surface area contributed by atoms with Gasteiger partial charge in [-0.05, 0) is 18.6 Å². The van der Waals surface area contributed by atoms with E-state index < -0.39 is 0 Å². The van der Waals surface area contributed by atoms with E-state index in [1.165, 1.54) is 11.5 Å². The van der Waals surface area contributed by atoms with Gasteiger partial charge in [0.1, 0.15) is 6.54 Å². The Morgan fingerprint density at radius 2 is 2.10 bits per heavy atom. The van der Waals surface area contributed by atoms with Crippen LogP contribution in [0.2, 0.25) is 0 Å². The third kappa shape index (κ3) is 2.62. The maximum atomic E-state index is 12.3. The van der Waals surface area contributed by atoms with Crippen molar-refractivity contribution in [3.8, 4) is 0 Å². The summed E-state index contributed by atoms with van der Waals surface area (Å²) in [6.45, 7) is 2.72. The number of carbonyl (C=O) groups excluding carboxylic acids is 1. The topological polar surface area (TPSA) is 51.5 Å². The van der Waals surface area contributed by atoms with Gasteiger partial charge in [0.2, 0.25) is 5.91 Å². The normalized spacial score (nSPS) is 16.3. The molecule has 2 aromatic rings. The third-order valence-electron chi connectivity index (χ3n) is 3.41. The van der Waals surface area contributed by atoms with Crippen molar-refractivity contribution in [2.75, 3.05) is 26.3 Å². The molecule has 1 saturated heterocycles. The van der Waals surface area contributed by atoms with Crippen molar-refractivity contribution in [3.63, 3.8) is 0 Å². The molecule has 2 heterocycles. The SMILES string of the molecule is O=C(Cn1sc2ccccc2c1=O)N1CCCOCC1. The summed E-state index contributed by atoms with van der Waals surface area (Å²) in [4.78, 5) is 26.2. The van der Waals surface area contributed by atoms with Crippen molar-refractivity contribution < 1.29 is 9.53 Å². The molecular weight excluding hydrogens is 276 g/mol. The molecule has 0 radical (unpaired) electrons. The molecule has 1 fully saturated rings. The highest BCUT2D eigenvalue weighted by Gasteiger charge is 2.18. The van der Waals surface area contributed by atoms with Gasteiger partial charge in [-0.2, -0.15) is 0 Å². The Labute approximate surface area is 120 Å². The summed E-state index contributed by atoms with van der Waals surface area (Å²) in [6, 6.07) is 7.45. The van der Waals surface area contributed by atoms with Gasteiger partial charge in [-0.1, -0.05) is 23.7 Å². The van der Waals surface area contributed by atoms with E-state index in [0.717, 1.165) is 11.1 Å². The van der Waals surface area contributed by atoms with Gasteiger partial charge in [0.15, 0.2) is 0 Å². The van der Waals surface area contributed by atoms with E-state index >= 15 is 0 Å². The molecule has 0 N–H and O–H groups in total. The zero-order valence-corrected chi connectivity index (χ0v) is 11.9. The first-order valence-corrected chi connectivity index (χ1v) is 7.47. The summed E-state index contributed by atoms with van der Waals surface area (Å²) in [5, 5.41) is 0.685. The molecule has 1 aromatic heterocycles. The van der Waals surface area contributed by atoms with Crippen LogP contribution in [-0.2, 0) is 16.1 Å². The Morgan fingerprint density at radius 3 is 2.95 bits per heavy atom. The number of nitrogens with zero attached hydrogens (tertiary/aromatic N) is 2. The highest BCUT2D eigenvalue weighted by molar-refractivity contribution is 7.13. The van der Waals surface area contributed by atoms with Gasteiger partial charge in [-0.15, -0.1) is 0 Å². The minimum absolute atomic E-state index is 0.0100. The molecule has 1 aromatic carbocycles. The van der Waals surface area contributed by atoms with Gasteiger partial charge in [0, 0.05) is 19.7 Å². The lowest BCUT2D eigenvalue weighted by atomic mass is 10.3. The van der Waals surface area contributed by atoms with Crippen molar-refractivity contribution in [1.82, 2.24) is 8.86 Å². The number of hydrogen-bond donors (Lipinski definition) is 0. The molecule has 20 heavy (non-hydrogen) atoms. The second-order valence-corrected chi connectivity index (χ2v) is 5.84. The quantitative estimate of drug-likeness (QED) is 0.838. The van der Waals surface area contributed by atoms with E-state index in [1.54, 1.807) is 14.9 Å². The van der Waals surface area contributed by atoms with Gasteiger partial charge in [-0.25, -0.2) is 0 Å². The van der Waals surface area contributed by atoms with Crippen molar-refractivity contribution in [2.24, 2.45) is 0 Å². The average molecular weight is 292 g/mol. The maximum Gasteiger partial charge on any atom is 0.268 e. The number of hydrogen-bond acceptors (Lipinski definition) is 4. The molecule has 1 aliphatic heterocycles. The first-order valence-electron chi connectivity index (χ1n) is 6.70. The Balaban J connectivity index is 1.80. The van der Waals surface area contributed by atoms with E-state index in [4.69, 9.17) is 4.74 Å².